The third kappa shape index (κ3) is 2.41. The van der Waals surface area contributed by atoms with E-state index in [-0.39, 0.29) is 0 Å². The Kier molecular flexibility index (Phi) is 3.03. The topological polar surface area (TPSA) is 60.4 Å². The maximum Gasteiger partial charge on any atom is 0.198 e. The van der Waals surface area contributed by atoms with Gasteiger partial charge in [-0.1, -0.05) is 0 Å². The van der Waals surface area contributed by atoms with E-state index in [1.807, 2.05) is 44.9 Å². The molecule has 0 spiro atoms. The molecule has 2 rings (SSSR count). The van der Waals surface area contributed by atoms with Gasteiger partial charge in [-0.15, -0.1) is 10.2 Å². The Labute approximate surface area is 100.0 Å². The van der Waals surface area contributed by atoms with Gasteiger partial charge in [-0.05, 0) is 20.8 Å². The van der Waals surface area contributed by atoms with Crippen molar-refractivity contribution in [1.29, 1.82) is 0 Å². The minimum absolute atomic E-state index is 0.637. The van der Waals surface area contributed by atoms with Crippen LogP contribution in [0.1, 0.15) is 18.1 Å². The standard InChI is InChI=1S/C11H16N6/c1-5-17-7-9(3)11(15-17)13-12-10-8(2)6-16(4)14-10/h6-7H,5H2,1-4H3. The Morgan fingerprint density at radius 1 is 1.06 bits per heavy atom. The zero-order chi connectivity index (χ0) is 12.4. The molecule has 6 heteroatoms. The molecule has 0 amide bonds. The van der Waals surface area contributed by atoms with Gasteiger partial charge >= 0.3 is 0 Å². The maximum atomic E-state index is 4.30. The van der Waals surface area contributed by atoms with Gasteiger partial charge < -0.3 is 0 Å². The SMILES string of the molecule is CCn1cc(C)c(N=Nc2nn(C)cc2C)n1. The van der Waals surface area contributed by atoms with Gasteiger partial charge in [-0.3, -0.25) is 9.36 Å². The summed E-state index contributed by atoms with van der Waals surface area (Å²) in [6.07, 6.45) is 3.87. The third-order valence-corrected chi connectivity index (χ3v) is 2.47. The van der Waals surface area contributed by atoms with Crippen molar-refractivity contribution in [2.45, 2.75) is 27.3 Å². The van der Waals surface area contributed by atoms with Crippen LogP contribution in [0.3, 0.4) is 0 Å². The molecule has 0 saturated heterocycles. The van der Waals surface area contributed by atoms with Gasteiger partial charge in [0.25, 0.3) is 0 Å². The smallest absolute Gasteiger partial charge is 0.198 e. The fourth-order valence-electron chi connectivity index (χ4n) is 1.56. The number of hydrogen-bond acceptors (Lipinski definition) is 4. The maximum absolute atomic E-state index is 4.30. The Morgan fingerprint density at radius 2 is 1.65 bits per heavy atom. The van der Waals surface area contributed by atoms with Crippen molar-refractivity contribution < 1.29 is 0 Å². The molecule has 0 atom stereocenters. The molecular weight excluding hydrogens is 216 g/mol. The molecule has 0 aromatic carbocycles. The minimum Gasteiger partial charge on any atom is -0.273 e. The van der Waals surface area contributed by atoms with E-state index in [0.29, 0.717) is 11.6 Å². The summed E-state index contributed by atoms with van der Waals surface area (Å²) in [4.78, 5) is 0. The van der Waals surface area contributed by atoms with Crippen molar-refractivity contribution in [2.24, 2.45) is 17.3 Å². The van der Waals surface area contributed by atoms with Crippen LogP contribution in [0, 0.1) is 13.8 Å². The fraction of sp³-hybridized carbons (Fsp3) is 0.455. The summed E-state index contributed by atoms with van der Waals surface area (Å²) in [6, 6.07) is 0. The third-order valence-electron chi connectivity index (χ3n) is 2.47. The molecule has 0 aliphatic heterocycles. The Bertz CT molecular complexity index is 548. The first kappa shape index (κ1) is 11.5. The molecule has 6 nitrogen and oxygen atoms in total. The van der Waals surface area contributed by atoms with Crippen molar-refractivity contribution in [3.05, 3.63) is 23.5 Å². The van der Waals surface area contributed by atoms with E-state index in [2.05, 4.69) is 20.4 Å². The van der Waals surface area contributed by atoms with E-state index in [9.17, 15) is 0 Å². The largest absolute Gasteiger partial charge is 0.273 e. The van der Waals surface area contributed by atoms with Crippen molar-refractivity contribution in [3.63, 3.8) is 0 Å². The fourth-order valence-corrected chi connectivity index (χ4v) is 1.56. The molecule has 0 N–H and O–H groups in total. The normalized spacial score (nSPS) is 11.5. The summed E-state index contributed by atoms with van der Waals surface area (Å²) >= 11 is 0. The average Bonchev–Trinajstić information content (AvgIpc) is 2.79. The van der Waals surface area contributed by atoms with Crippen LogP contribution >= 0.6 is 0 Å². The van der Waals surface area contributed by atoms with Crippen molar-refractivity contribution in [3.8, 4) is 0 Å². The summed E-state index contributed by atoms with van der Waals surface area (Å²) in [6.45, 7) is 6.80. The van der Waals surface area contributed by atoms with Gasteiger partial charge in [0, 0.05) is 37.1 Å². The molecule has 0 bridgehead atoms. The summed E-state index contributed by atoms with van der Waals surface area (Å²) < 4.78 is 3.57. The molecule has 0 unspecified atom stereocenters. The Balaban J connectivity index is 2.25. The number of rotatable bonds is 3. The second kappa shape index (κ2) is 4.48. The number of nitrogens with zero attached hydrogens (tertiary/aromatic N) is 6. The van der Waals surface area contributed by atoms with Gasteiger partial charge in [0.1, 0.15) is 0 Å². The lowest BCUT2D eigenvalue weighted by molar-refractivity contribution is 0.659. The van der Waals surface area contributed by atoms with Gasteiger partial charge in [-0.2, -0.15) is 10.2 Å². The predicted molar refractivity (Wildman–Crippen MR) is 64.8 cm³/mol. The first-order valence-corrected chi connectivity index (χ1v) is 5.56. The van der Waals surface area contributed by atoms with E-state index >= 15 is 0 Å². The van der Waals surface area contributed by atoms with E-state index in [0.717, 1.165) is 17.7 Å². The van der Waals surface area contributed by atoms with E-state index in [1.54, 1.807) is 4.68 Å². The number of aryl methyl sites for hydroxylation is 4. The van der Waals surface area contributed by atoms with Crippen LogP contribution in [0.15, 0.2) is 22.6 Å². The van der Waals surface area contributed by atoms with Crippen molar-refractivity contribution >= 4 is 11.6 Å². The average molecular weight is 232 g/mol. The molecule has 2 aromatic heterocycles. The van der Waals surface area contributed by atoms with Crippen LogP contribution in [0.4, 0.5) is 11.6 Å². The molecule has 2 aromatic rings. The molecule has 17 heavy (non-hydrogen) atoms. The quantitative estimate of drug-likeness (QED) is 0.764. The summed E-state index contributed by atoms with van der Waals surface area (Å²) in [5.41, 5.74) is 2.02. The molecule has 0 saturated carbocycles. The van der Waals surface area contributed by atoms with Crippen molar-refractivity contribution in [1.82, 2.24) is 19.6 Å². The second-order valence-corrected chi connectivity index (χ2v) is 4.00. The highest BCUT2D eigenvalue weighted by molar-refractivity contribution is 5.38. The zero-order valence-corrected chi connectivity index (χ0v) is 10.5. The predicted octanol–water partition coefficient (Wildman–Crippen LogP) is 2.67. The number of hydrogen-bond donors (Lipinski definition) is 0. The second-order valence-electron chi connectivity index (χ2n) is 4.00. The highest BCUT2D eigenvalue weighted by Gasteiger charge is 2.04. The van der Waals surface area contributed by atoms with E-state index < -0.39 is 0 Å². The first-order valence-electron chi connectivity index (χ1n) is 5.56. The van der Waals surface area contributed by atoms with Crippen LogP contribution in [-0.2, 0) is 13.6 Å². The number of aromatic nitrogens is 4. The monoisotopic (exact) mass is 232 g/mol. The summed E-state index contributed by atoms with van der Waals surface area (Å²) in [5, 5.41) is 16.8. The summed E-state index contributed by atoms with van der Waals surface area (Å²) in [5.74, 6) is 1.29. The molecule has 0 radical (unpaired) electrons. The molecule has 0 fully saturated rings. The lowest BCUT2D eigenvalue weighted by atomic mass is 10.4. The lowest BCUT2D eigenvalue weighted by Crippen LogP contribution is -1.92. The van der Waals surface area contributed by atoms with E-state index in [4.69, 9.17) is 0 Å². The summed E-state index contributed by atoms with van der Waals surface area (Å²) in [7, 11) is 1.86. The van der Waals surface area contributed by atoms with Crippen LogP contribution in [0.25, 0.3) is 0 Å². The van der Waals surface area contributed by atoms with Crippen LogP contribution < -0.4 is 0 Å². The molecule has 0 aliphatic carbocycles. The van der Waals surface area contributed by atoms with Crippen LogP contribution in [-0.4, -0.2) is 19.6 Å². The van der Waals surface area contributed by atoms with Gasteiger partial charge in [0.05, 0.1) is 0 Å². The Morgan fingerprint density at radius 3 is 2.12 bits per heavy atom. The molecule has 2 heterocycles. The van der Waals surface area contributed by atoms with Gasteiger partial charge in [-0.25, -0.2) is 0 Å². The molecule has 0 aliphatic rings. The first-order chi connectivity index (χ1) is 8.10. The zero-order valence-electron chi connectivity index (χ0n) is 10.5. The number of azo groups is 1. The highest BCUT2D eigenvalue weighted by atomic mass is 15.4. The van der Waals surface area contributed by atoms with Crippen LogP contribution in [0.2, 0.25) is 0 Å². The lowest BCUT2D eigenvalue weighted by Gasteiger charge is -1.89. The molecule has 90 valence electrons. The van der Waals surface area contributed by atoms with Crippen LogP contribution in [0.5, 0.6) is 0 Å². The van der Waals surface area contributed by atoms with Crippen molar-refractivity contribution in [2.75, 3.05) is 0 Å². The minimum atomic E-state index is 0.637. The van der Waals surface area contributed by atoms with Gasteiger partial charge in [0.15, 0.2) is 11.6 Å². The van der Waals surface area contributed by atoms with E-state index in [1.165, 1.54) is 0 Å². The Hall–Kier alpha value is -1.98. The molecular formula is C11H16N6. The highest BCUT2D eigenvalue weighted by Crippen LogP contribution is 2.20. The van der Waals surface area contributed by atoms with Gasteiger partial charge in [0.2, 0.25) is 0 Å².